The Balaban J connectivity index is 1.28. The van der Waals surface area contributed by atoms with E-state index >= 15 is 0 Å². The summed E-state index contributed by atoms with van der Waals surface area (Å²) in [6, 6.07) is 16.5. The molecule has 3 aromatic rings. The van der Waals surface area contributed by atoms with Crippen LogP contribution in [0.2, 0.25) is 0 Å². The highest BCUT2D eigenvalue weighted by Gasteiger charge is 2.20. The number of carbonyl (C=O) groups is 1. The molecule has 0 saturated carbocycles. The minimum absolute atomic E-state index is 0.0663. The van der Waals surface area contributed by atoms with Gasteiger partial charge in [-0.25, -0.2) is 9.37 Å². The van der Waals surface area contributed by atoms with Crippen molar-refractivity contribution in [3.05, 3.63) is 82.1 Å². The van der Waals surface area contributed by atoms with Gasteiger partial charge in [-0.2, -0.15) is 0 Å². The van der Waals surface area contributed by atoms with Gasteiger partial charge in [0.25, 0.3) is 5.91 Å². The van der Waals surface area contributed by atoms with Gasteiger partial charge < -0.3 is 10.2 Å². The SMILES string of the molecule is C[C@H](NC(=O)c1csc(CN2CCN(c3ccc(F)cc3)CC2)n1)c1ccccc1. The first kappa shape index (κ1) is 20.5. The van der Waals surface area contributed by atoms with Gasteiger partial charge in [0.15, 0.2) is 0 Å². The molecule has 2 aromatic carbocycles. The van der Waals surface area contributed by atoms with Gasteiger partial charge in [0.2, 0.25) is 0 Å². The lowest BCUT2D eigenvalue weighted by atomic mass is 10.1. The monoisotopic (exact) mass is 424 g/mol. The molecule has 0 aliphatic carbocycles. The Hall–Kier alpha value is -2.77. The van der Waals surface area contributed by atoms with E-state index in [-0.39, 0.29) is 17.8 Å². The van der Waals surface area contributed by atoms with E-state index < -0.39 is 0 Å². The highest BCUT2D eigenvalue weighted by atomic mass is 32.1. The smallest absolute Gasteiger partial charge is 0.271 e. The van der Waals surface area contributed by atoms with Crippen LogP contribution in [0.15, 0.2) is 60.0 Å². The van der Waals surface area contributed by atoms with Crippen LogP contribution in [0.5, 0.6) is 0 Å². The molecular formula is C23H25FN4OS. The molecule has 2 heterocycles. The molecule has 1 aliphatic rings. The maximum Gasteiger partial charge on any atom is 0.271 e. The fourth-order valence-electron chi connectivity index (χ4n) is 3.59. The summed E-state index contributed by atoms with van der Waals surface area (Å²) in [5.41, 5.74) is 2.60. The zero-order chi connectivity index (χ0) is 20.9. The number of aromatic nitrogens is 1. The molecule has 1 N–H and O–H groups in total. The molecule has 5 nitrogen and oxygen atoms in total. The molecule has 0 bridgehead atoms. The molecule has 1 amide bonds. The number of anilines is 1. The van der Waals surface area contributed by atoms with Gasteiger partial charge in [0, 0.05) is 37.2 Å². The molecule has 0 unspecified atom stereocenters. The second-order valence-electron chi connectivity index (χ2n) is 7.47. The first-order chi connectivity index (χ1) is 14.6. The van der Waals surface area contributed by atoms with E-state index in [1.807, 2.05) is 54.8 Å². The van der Waals surface area contributed by atoms with Crippen LogP contribution in [-0.2, 0) is 6.54 Å². The normalized spacial score (nSPS) is 15.7. The van der Waals surface area contributed by atoms with Crippen molar-refractivity contribution in [2.75, 3.05) is 31.1 Å². The van der Waals surface area contributed by atoms with E-state index in [9.17, 15) is 9.18 Å². The Morgan fingerprint density at radius 1 is 1.10 bits per heavy atom. The van der Waals surface area contributed by atoms with Crippen LogP contribution in [0, 0.1) is 5.82 Å². The van der Waals surface area contributed by atoms with Crippen LogP contribution in [0.4, 0.5) is 10.1 Å². The molecule has 1 atom stereocenters. The zero-order valence-corrected chi connectivity index (χ0v) is 17.7. The number of piperazine rings is 1. The Morgan fingerprint density at radius 2 is 1.80 bits per heavy atom. The Kier molecular flexibility index (Phi) is 6.40. The Morgan fingerprint density at radius 3 is 2.50 bits per heavy atom. The molecule has 0 spiro atoms. The summed E-state index contributed by atoms with van der Waals surface area (Å²) in [7, 11) is 0. The average Bonchev–Trinajstić information content (AvgIpc) is 3.24. The first-order valence-corrected chi connectivity index (χ1v) is 11.0. The van der Waals surface area contributed by atoms with E-state index in [0.29, 0.717) is 5.69 Å². The number of hydrogen-bond acceptors (Lipinski definition) is 5. The van der Waals surface area contributed by atoms with Gasteiger partial charge >= 0.3 is 0 Å². The van der Waals surface area contributed by atoms with Crippen molar-refractivity contribution < 1.29 is 9.18 Å². The Bertz CT molecular complexity index is 968. The molecule has 1 saturated heterocycles. The van der Waals surface area contributed by atoms with Gasteiger partial charge in [0.05, 0.1) is 12.6 Å². The third-order valence-corrected chi connectivity index (χ3v) is 6.19. The predicted octanol–water partition coefficient (Wildman–Crippen LogP) is 4.10. The molecule has 1 aliphatic heterocycles. The molecule has 156 valence electrons. The number of nitrogens with one attached hydrogen (secondary N) is 1. The Labute approximate surface area is 180 Å². The number of hydrogen-bond donors (Lipinski definition) is 1. The van der Waals surface area contributed by atoms with Crippen molar-refractivity contribution >= 4 is 22.9 Å². The topological polar surface area (TPSA) is 48.5 Å². The summed E-state index contributed by atoms with van der Waals surface area (Å²) < 4.78 is 13.1. The van der Waals surface area contributed by atoms with Crippen LogP contribution in [0.1, 0.15) is 34.0 Å². The van der Waals surface area contributed by atoms with Gasteiger partial charge in [0.1, 0.15) is 16.5 Å². The summed E-state index contributed by atoms with van der Waals surface area (Å²) in [6.45, 7) is 6.30. The number of thiazole rings is 1. The number of carbonyl (C=O) groups excluding carboxylic acids is 1. The molecule has 1 fully saturated rings. The van der Waals surface area contributed by atoms with Crippen molar-refractivity contribution in [1.82, 2.24) is 15.2 Å². The van der Waals surface area contributed by atoms with Crippen molar-refractivity contribution in [2.45, 2.75) is 19.5 Å². The summed E-state index contributed by atoms with van der Waals surface area (Å²) in [5, 5.41) is 5.79. The van der Waals surface area contributed by atoms with Crippen LogP contribution < -0.4 is 10.2 Å². The summed E-state index contributed by atoms with van der Waals surface area (Å²) in [5.74, 6) is -0.353. The van der Waals surface area contributed by atoms with Crippen molar-refractivity contribution in [3.63, 3.8) is 0 Å². The molecule has 0 radical (unpaired) electrons. The van der Waals surface area contributed by atoms with Gasteiger partial charge in [-0.15, -0.1) is 11.3 Å². The second kappa shape index (κ2) is 9.36. The van der Waals surface area contributed by atoms with Gasteiger partial charge in [-0.1, -0.05) is 30.3 Å². The average molecular weight is 425 g/mol. The number of halogens is 1. The van der Waals surface area contributed by atoms with Gasteiger partial charge in [-0.05, 0) is 36.8 Å². The van der Waals surface area contributed by atoms with Crippen molar-refractivity contribution in [2.24, 2.45) is 0 Å². The quantitative estimate of drug-likeness (QED) is 0.647. The third-order valence-electron chi connectivity index (χ3n) is 5.35. The van der Waals surface area contributed by atoms with E-state index in [4.69, 9.17) is 0 Å². The number of nitrogens with zero attached hydrogens (tertiary/aromatic N) is 3. The standard InChI is InChI=1S/C23H25FN4OS/c1-17(18-5-3-2-4-6-18)25-23(29)21-16-30-22(26-21)15-27-11-13-28(14-12-27)20-9-7-19(24)8-10-20/h2-10,16-17H,11-15H2,1H3,(H,25,29)/t17-/m0/s1. The van der Waals surface area contributed by atoms with E-state index in [2.05, 4.69) is 20.1 Å². The minimum Gasteiger partial charge on any atom is -0.369 e. The zero-order valence-electron chi connectivity index (χ0n) is 16.9. The van der Waals surface area contributed by atoms with Crippen molar-refractivity contribution in [1.29, 1.82) is 0 Å². The molecule has 7 heteroatoms. The maximum absolute atomic E-state index is 13.1. The van der Waals surface area contributed by atoms with E-state index in [0.717, 1.165) is 49.0 Å². The molecule has 30 heavy (non-hydrogen) atoms. The lowest BCUT2D eigenvalue weighted by Crippen LogP contribution is -2.45. The van der Waals surface area contributed by atoms with E-state index in [1.165, 1.54) is 23.5 Å². The summed E-state index contributed by atoms with van der Waals surface area (Å²) >= 11 is 1.52. The lowest BCUT2D eigenvalue weighted by Gasteiger charge is -2.35. The third kappa shape index (κ3) is 5.04. The van der Waals surface area contributed by atoms with Crippen LogP contribution >= 0.6 is 11.3 Å². The predicted molar refractivity (Wildman–Crippen MR) is 118 cm³/mol. The van der Waals surface area contributed by atoms with E-state index in [1.54, 1.807) is 0 Å². The van der Waals surface area contributed by atoms with Crippen LogP contribution in [0.25, 0.3) is 0 Å². The molecular weight excluding hydrogens is 399 g/mol. The molecule has 1 aromatic heterocycles. The fraction of sp³-hybridized carbons (Fsp3) is 0.304. The van der Waals surface area contributed by atoms with Gasteiger partial charge in [-0.3, -0.25) is 9.69 Å². The van der Waals surface area contributed by atoms with Crippen molar-refractivity contribution in [3.8, 4) is 0 Å². The van der Waals surface area contributed by atoms with Crippen LogP contribution in [-0.4, -0.2) is 42.0 Å². The highest BCUT2D eigenvalue weighted by molar-refractivity contribution is 7.09. The number of benzene rings is 2. The highest BCUT2D eigenvalue weighted by Crippen LogP contribution is 2.19. The summed E-state index contributed by atoms with van der Waals surface area (Å²) in [4.78, 5) is 21.7. The minimum atomic E-state index is -0.209. The molecule has 4 rings (SSSR count). The second-order valence-corrected chi connectivity index (χ2v) is 8.41. The maximum atomic E-state index is 13.1. The largest absolute Gasteiger partial charge is 0.369 e. The number of rotatable bonds is 6. The fourth-order valence-corrected chi connectivity index (χ4v) is 4.41. The van der Waals surface area contributed by atoms with Crippen LogP contribution in [0.3, 0.4) is 0 Å². The number of amides is 1. The first-order valence-electron chi connectivity index (χ1n) is 10.1. The lowest BCUT2D eigenvalue weighted by molar-refractivity contribution is 0.0935. The summed E-state index contributed by atoms with van der Waals surface area (Å²) in [6.07, 6.45) is 0.